The van der Waals surface area contributed by atoms with Crippen LogP contribution in [0.2, 0.25) is 0 Å². The number of aryl methyl sites for hydroxylation is 1. The molecule has 0 amide bonds. The first-order valence-corrected chi connectivity index (χ1v) is 5.74. The Hall–Kier alpha value is -1.96. The number of nitrogens with zero attached hydrogens (tertiary/aromatic N) is 3. The van der Waals surface area contributed by atoms with Crippen LogP contribution in [0.1, 0.15) is 23.0 Å². The summed E-state index contributed by atoms with van der Waals surface area (Å²) >= 11 is 0. The van der Waals surface area contributed by atoms with Gasteiger partial charge < -0.3 is 5.73 Å². The van der Waals surface area contributed by atoms with Crippen molar-refractivity contribution >= 4 is 0 Å². The van der Waals surface area contributed by atoms with Crippen LogP contribution in [-0.4, -0.2) is 14.8 Å². The van der Waals surface area contributed by atoms with Gasteiger partial charge in [-0.2, -0.15) is 18.3 Å². The summed E-state index contributed by atoms with van der Waals surface area (Å²) in [6, 6.07) is 1.26. The van der Waals surface area contributed by atoms with E-state index in [0.29, 0.717) is 11.9 Å². The smallest absolute Gasteiger partial charge is 0.323 e. The van der Waals surface area contributed by atoms with Crippen LogP contribution in [0, 0.1) is 5.82 Å². The predicted molar refractivity (Wildman–Crippen MR) is 63.0 cm³/mol. The van der Waals surface area contributed by atoms with Gasteiger partial charge in [-0.05, 0) is 18.2 Å². The number of halogens is 4. The predicted octanol–water partition coefficient (Wildman–Crippen LogP) is 2.22. The maximum atomic E-state index is 13.6. The summed E-state index contributed by atoms with van der Waals surface area (Å²) in [5.74, 6) is -0.304. The molecule has 8 heteroatoms. The SMILES string of the molecule is Cn1ncnc1CC(N)c1cc(C(F)(F)F)ccc1F. The number of rotatable bonds is 3. The van der Waals surface area contributed by atoms with Crippen molar-refractivity contribution in [2.24, 2.45) is 12.8 Å². The van der Waals surface area contributed by atoms with Gasteiger partial charge in [-0.1, -0.05) is 0 Å². The third kappa shape index (κ3) is 2.96. The molecule has 20 heavy (non-hydrogen) atoms. The van der Waals surface area contributed by atoms with Crippen molar-refractivity contribution in [3.8, 4) is 0 Å². The van der Waals surface area contributed by atoms with Gasteiger partial charge in [0.25, 0.3) is 0 Å². The van der Waals surface area contributed by atoms with Crippen LogP contribution < -0.4 is 5.73 Å². The van der Waals surface area contributed by atoms with E-state index in [1.165, 1.54) is 11.0 Å². The molecule has 2 rings (SSSR count). The molecule has 108 valence electrons. The van der Waals surface area contributed by atoms with E-state index in [2.05, 4.69) is 10.1 Å². The van der Waals surface area contributed by atoms with E-state index < -0.39 is 23.6 Å². The Kier molecular flexibility index (Phi) is 3.76. The lowest BCUT2D eigenvalue weighted by atomic mass is 10.0. The second-order valence-corrected chi connectivity index (χ2v) is 4.34. The Morgan fingerprint density at radius 1 is 1.35 bits per heavy atom. The molecule has 1 aromatic carbocycles. The highest BCUT2D eigenvalue weighted by Crippen LogP contribution is 2.31. The molecule has 0 bridgehead atoms. The lowest BCUT2D eigenvalue weighted by molar-refractivity contribution is -0.137. The molecule has 0 fully saturated rings. The number of aromatic nitrogens is 3. The normalized spacial score (nSPS) is 13.5. The molecule has 0 saturated carbocycles. The van der Waals surface area contributed by atoms with Crippen molar-refractivity contribution in [1.29, 1.82) is 0 Å². The molecular formula is C12H12F4N4. The maximum Gasteiger partial charge on any atom is 0.416 e. The third-order valence-corrected chi connectivity index (χ3v) is 2.93. The highest BCUT2D eigenvalue weighted by molar-refractivity contribution is 5.29. The molecule has 1 heterocycles. The van der Waals surface area contributed by atoms with Crippen LogP contribution in [0.3, 0.4) is 0 Å². The fourth-order valence-electron chi connectivity index (χ4n) is 1.82. The molecule has 0 radical (unpaired) electrons. The highest BCUT2D eigenvalue weighted by Gasteiger charge is 2.31. The zero-order valence-electron chi connectivity index (χ0n) is 10.5. The summed E-state index contributed by atoms with van der Waals surface area (Å²) in [7, 11) is 1.62. The van der Waals surface area contributed by atoms with Crippen molar-refractivity contribution < 1.29 is 17.6 Å². The Bertz CT molecular complexity index is 606. The summed E-state index contributed by atoms with van der Waals surface area (Å²) in [6.45, 7) is 0. The van der Waals surface area contributed by atoms with Crippen LogP contribution >= 0.6 is 0 Å². The monoisotopic (exact) mass is 288 g/mol. The molecule has 0 spiro atoms. The summed E-state index contributed by atoms with van der Waals surface area (Å²) in [6.07, 6.45) is -3.15. The zero-order valence-corrected chi connectivity index (χ0v) is 10.5. The Balaban J connectivity index is 2.29. The average molecular weight is 288 g/mol. The van der Waals surface area contributed by atoms with Gasteiger partial charge in [0.15, 0.2) is 0 Å². The number of nitrogens with two attached hydrogens (primary N) is 1. The van der Waals surface area contributed by atoms with Crippen molar-refractivity contribution in [3.05, 3.63) is 47.3 Å². The number of alkyl halides is 3. The summed E-state index contributed by atoms with van der Waals surface area (Å²) < 4.78 is 52.9. The first-order valence-electron chi connectivity index (χ1n) is 5.74. The number of hydrogen-bond acceptors (Lipinski definition) is 3. The molecule has 2 N–H and O–H groups in total. The van der Waals surface area contributed by atoms with E-state index >= 15 is 0 Å². The van der Waals surface area contributed by atoms with Crippen molar-refractivity contribution in [2.75, 3.05) is 0 Å². The average Bonchev–Trinajstić information content (AvgIpc) is 2.74. The topological polar surface area (TPSA) is 56.7 Å². The number of benzene rings is 1. The second-order valence-electron chi connectivity index (χ2n) is 4.34. The first kappa shape index (κ1) is 14.4. The fraction of sp³-hybridized carbons (Fsp3) is 0.333. The van der Waals surface area contributed by atoms with Crippen molar-refractivity contribution in [1.82, 2.24) is 14.8 Å². The van der Waals surface area contributed by atoms with Gasteiger partial charge in [0.2, 0.25) is 0 Å². The third-order valence-electron chi connectivity index (χ3n) is 2.93. The van der Waals surface area contributed by atoms with Gasteiger partial charge in [0.1, 0.15) is 18.0 Å². The molecule has 0 aliphatic carbocycles. The van der Waals surface area contributed by atoms with Crippen LogP contribution in [0.5, 0.6) is 0 Å². The van der Waals surface area contributed by atoms with Gasteiger partial charge in [-0.25, -0.2) is 9.37 Å². The minimum Gasteiger partial charge on any atom is -0.323 e. The Morgan fingerprint density at radius 3 is 2.60 bits per heavy atom. The molecule has 1 aromatic heterocycles. The summed E-state index contributed by atoms with van der Waals surface area (Å²) in [5.41, 5.74) is 4.66. The van der Waals surface area contributed by atoms with Crippen LogP contribution in [-0.2, 0) is 19.6 Å². The van der Waals surface area contributed by atoms with Gasteiger partial charge in [0, 0.05) is 25.1 Å². The summed E-state index contributed by atoms with van der Waals surface area (Å²) in [4.78, 5) is 3.91. The highest BCUT2D eigenvalue weighted by atomic mass is 19.4. The van der Waals surface area contributed by atoms with E-state index in [4.69, 9.17) is 5.73 Å². The van der Waals surface area contributed by atoms with E-state index in [1.807, 2.05) is 0 Å². The van der Waals surface area contributed by atoms with Crippen molar-refractivity contribution in [3.63, 3.8) is 0 Å². The zero-order chi connectivity index (χ0) is 14.9. The molecule has 4 nitrogen and oxygen atoms in total. The maximum absolute atomic E-state index is 13.6. The van der Waals surface area contributed by atoms with Crippen LogP contribution in [0.4, 0.5) is 17.6 Å². The van der Waals surface area contributed by atoms with Gasteiger partial charge in [0.05, 0.1) is 5.56 Å². The first-order chi connectivity index (χ1) is 9.29. The van der Waals surface area contributed by atoms with E-state index in [1.54, 1.807) is 7.05 Å². The summed E-state index contributed by atoms with van der Waals surface area (Å²) in [5, 5.41) is 3.82. The molecule has 1 unspecified atom stereocenters. The standard InChI is InChI=1S/C12H12F4N4/c1-20-11(18-6-19-20)5-10(17)8-4-7(12(14,15)16)2-3-9(8)13/h2-4,6,10H,5,17H2,1H3. The van der Waals surface area contributed by atoms with Crippen LogP contribution in [0.25, 0.3) is 0 Å². The van der Waals surface area contributed by atoms with E-state index in [-0.39, 0.29) is 12.0 Å². The molecular weight excluding hydrogens is 276 g/mol. The Morgan fingerprint density at radius 2 is 2.05 bits per heavy atom. The van der Waals surface area contributed by atoms with E-state index in [0.717, 1.165) is 12.1 Å². The molecule has 0 aliphatic rings. The molecule has 1 atom stereocenters. The number of hydrogen-bond donors (Lipinski definition) is 1. The fourth-order valence-corrected chi connectivity index (χ4v) is 1.82. The lowest BCUT2D eigenvalue weighted by Crippen LogP contribution is -2.18. The molecule has 0 aliphatic heterocycles. The largest absolute Gasteiger partial charge is 0.416 e. The second kappa shape index (κ2) is 5.20. The molecule has 2 aromatic rings. The Labute approximate surface area is 112 Å². The van der Waals surface area contributed by atoms with Gasteiger partial charge in [-0.15, -0.1) is 0 Å². The minimum atomic E-state index is -4.53. The van der Waals surface area contributed by atoms with Crippen LogP contribution in [0.15, 0.2) is 24.5 Å². The molecule has 0 saturated heterocycles. The van der Waals surface area contributed by atoms with Gasteiger partial charge >= 0.3 is 6.18 Å². The van der Waals surface area contributed by atoms with Gasteiger partial charge in [-0.3, -0.25) is 4.68 Å². The van der Waals surface area contributed by atoms with Crippen molar-refractivity contribution in [2.45, 2.75) is 18.6 Å². The quantitative estimate of drug-likeness (QED) is 0.881. The lowest BCUT2D eigenvalue weighted by Gasteiger charge is -2.15. The van der Waals surface area contributed by atoms with E-state index in [9.17, 15) is 17.6 Å². The minimum absolute atomic E-state index is 0.0920.